The first-order valence-electron chi connectivity index (χ1n) is 5.99. The number of carbonyl (C=O) groups is 1. The van der Waals surface area contributed by atoms with Crippen molar-refractivity contribution >= 4 is 5.91 Å². The monoisotopic (exact) mass is 271 g/mol. The SMILES string of the molecule is NCC#Cc1cccnc1C(=O)NCCc1ncno1. The quantitative estimate of drug-likeness (QED) is 0.742. The van der Waals surface area contributed by atoms with Crippen LogP contribution in [-0.4, -0.2) is 34.1 Å². The molecule has 0 atom stereocenters. The molecule has 0 saturated carbocycles. The zero-order chi connectivity index (χ0) is 14.2. The lowest BCUT2D eigenvalue weighted by molar-refractivity contribution is 0.0948. The van der Waals surface area contributed by atoms with Crippen molar-refractivity contribution in [1.29, 1.82) is 0 Å². The van der Waals surface area contributed by atoms with Gasteiger partial charge in [-0.2, -0.15) is 4.98 Å². The van der Waals surface area contributed by atoms with Gasteiger partial charge in [0.2, 0.25) is 5.89 Å². The highest BCUT2D eigenvalue weighted by molar-refractivity contribution is 5.94. The van der Waals surface area contributed by atoms with Crippen molar-refractivity contribution in [2.75, 3.05) is 13.1 Å². The Morgan fingerprint density at radius 3 is 3.10 bits per heavy atom. The van der Waals surface area contributed by atoms with Crippen LogP contribution in [0.3, 0.4) is 0 Å². The second-order valence-corrected chi connectivity index (χ2v) is 3.75. The largest absolute Gasteiger partial charge is 0.350 e. The van der Waals surface area contributed by atoms with Crippen molar-refractivity contribution in [2.45, 2.75) is 6.42 Å². The van der Waals surface area contributed by atoms with Gasteiger partial charge in [-0.15, -0.1) is 0 Å². The summed E-state index contributed by atoms with van der Waals surface area (Å²) in [5.41, 5.74) is 6.15. The Kier molecular flexibility index (Phi) is 4.81. The van der Waals surface area contributed by atoms with Gasteiger partial charge in [-0.25, -0.2) is 4.98 Å². The summed E-state index contributed by atoms with van der Waals surface area (Å²) in [7, 11) is 0. The molecule has 0 aliphatic carbocycles. The maximum atomic E-state index is 12.0. The molecule has 0 spiro atoms. The number of aromatic nitrogens is 3. The van der Waals surface area contributed by atoms with Gasteiger partial charge in [-0.1, -0.05) is 17.0 Å². The molecule has 2 aromatic rings. The molecule has 0 aromatic carbocycles. The summed E-state index contributed by atoms with van der Waals surface area (Å²) in [6.45, 7) is 0.606. The Bertz CT molecular complexity index is 628. The lowest BCUT2D eigenvalue weighted by Gasteiger charge is -2.04. The molecule has 7 nitrogen and oxygen atoms in total. The third kappa shape index (κ3) is 3.63. The predicted molar refractivity (Wildman–Crippen MR) is 70.5 cm³/mol. The van der Waals surface area contributed by atoms with E-state index < -0.39 is 0 Å². The molecular weight excluding hydrogens is 258 g/mol. The van der Waals surface area contributed by atoms with Gasteiger partial charge in [0, 0.05) is 19.2 Å². The van der Waals surface area contributed by atoms with Crippen LogP contribution in [0.15, 0.2) is 29.2 Å². The van der Waals surface area contributed by atoms with Gasteiger partial charge in [-0.3, -0.25) is 4.79 Å². The Balaban J connectivity index is 1.98. The van der Waals surface area contributed by atoms with E-state index in [0.29, 0.717) is 24.4 Å². The molecule has 0 aliphatic rings. The molecule has 1 amide bonds. The lowest BCUT2D eigenvalue weighted by atomic mass is 10.2. The van der Waals surface area contributed by atoms with Crippen molar-refractivity contribution in [3.8, 4) is 11.8 Å². The first-order chi connectivity index (χ1) is 9.81. The summed E-state index contributed by atoms with van der Waals surface area (Å²) < 4.78 is 4.83. The maximum Gasteiger partial charge on any atom is 0.271 e. The van der Waals surface area contributed by atoms with E-state index in [1.807, 2.05) is 0 Å². The van der Waals surface area contributed by atoms with E-state index in [0.717, 1.165) is 0 Å². The number of carbonyl (C=O) groups excluding carboxylic acids is 1. The van der Waals surface area contributed by atoms with Gasteiger partial charge in [-0.05, 0) is 12.1 Å². The van der Waals surface area contributed by atoms with Crippen molar-refractivity contribution in [1.82, 2.24) is 20.4 Å². The van der Waals surface area contributed by atoms with Gasteiger partial charge < -0.3 is 15.6 Å². The number of hydrogen-bond donors (Lipinski definition) is 2. The van der Waals surface area contributed by atoms with Crippen LogP contribution >= 0.6 is 0 Å². The number of pyridine rings is 1. The van der Waals surface area contributed by atoms with Crippen molar-refractivity contribution in [2.24, 2.45) is 5.73 Å². The number of nitrogens with zero attached hydrogens (tertiary/aromatic N) is 3. The van der Waals surface area contributed by atoms with E-state index in [1.54, 1.807) is 18.3 Å². The minimum atomic E-state index is -0.300. The molecule has 102 valence electrons. The standard InChI is InChI=1S/C13H13N5O2/c14-6-1-3-10-4-2-7-15-12(10)13(19)16-8-5-11-17-9-18-20-11/h2,4,7,9H,5-6,8,14H2,(H,16,19). The number of nitrogens with one attached hydrogen (secondary N) is 1. The summed E-state index contributed by atoms with van der Waals surface area (Å²) in [5, 5.41) is 6.21. The Labute approximate surface area is 115 Å². The van der Waals surface area contributed by atoms with Crippen LogP contribution in [0.1, 0.15) is 21.9 Å². The predicted octanol–water partition coefficient (Wildman–Crippen LogP) is -0.253. The van der Waals surface area contributed by atoms with Crippen LogP contribution in [0.4, 0.5) is 0 Å². The summed E-state index contributed by atoms with van der Waals surface area (Å²) in [4.78, 5) is 19.9. The Morgan fingerprint density at radius 2 is 2.35 bits per heavy atom. The summed E-state index contributed by atoms with van der Waals surface area (Å²) in [6.07, 6.45) is 3.32. The second-order valence-electron chi connectivity index (χ2n) is 3.75. The van der Waals surface area contributed by atoms with E-state index in [9.17, 15) is 4.79 Å². The Morgan fingerprint density at radius 1 is 1.45 bits per heavy atom. The minimum Gasteiger partial charge on any atom is -0.350 e. The highest BCUT2D eigenvalue weighted by Crippen LogP contribution is 2.03. The van der Waals surface area contributed by atoms with E-state index in [1.165, 1.54) is 6.33 Å². The third-order valence-corrected chi connectivity index (χ3v) is 2.38. The first kappa shape index (κ1) is 13.7. The van der Waals surface area contributed by atoms with Crippen LogP contribution in [-0.2, 0) is 6.42 Å². The zero-order valence-electron chi connectivity index (χ0n) is 10.7. The van der Waals surface area contributed by atoms with Gasteiger partial charge >= 0.3 is 0 Å². The van der Waals surface area contributed by atoms with Crippen LogP contribution in [0.25, 0.3) is 0 Å². The lowest BCUT2D eigenvalue weighted by Crippen LogP contribution is -2.27. The molecule has 0 aliphatic heterocycles. The average Bonchev–Trinajstić information content (AvgIpc) is 2.98. The fourth-order valence-corrected chi connectivity index (χ4v) is 1.51. The molecule has 0 unspecified atom stereocenters. The average molecular weight is 271 g/mol. The smallest absolute Gasteiger partial charge is 0.271 e. The van der Waals surface area contributed by atoms with E-state index in [-0.39, 0.29) is 18.1 Å². The first-order valence-corrected chi connectivity index (χ1v) is 5.99. The van der Waals surface area contributed by atoms with E-state index in [2.05, 4.69) is 32.3 Å². The van der Waals surface area contributed by atoms with Crippen molar-refractivity contribution < 1.29 is 9.32 Å². The van der Waals surface area contributed by atoms with E-state index >= 15 is 0 Å². The molecule has 0 fully saturated rings. The van der Waals surface area contributed by atoms with Crippen LogP contribution in [0.5, 0.6) is 0 Å². The molecule has 0 saturated heterocycles. The molecule has 0 bridgehead atoms. The van der Waals surface area contributed by atoms with Gasteiger partial charge in [0.25, 0.3) is 5.91 Å². The van der Waals surface area contributed by atoms with E-state index in [4.69, 9.17) is 10.3 Å². The fourth-order valence-electron chi connectivity index (χ4n) is 1.51. The molecule has 20 heavy (non-hydrogen) atoms. The Hall–Kier alpha value is -2.72. The summed E-state index contributed by atoms with van der Waals surface area (Å²) in [6, 6.07) is 3.44. The molecule has 2 heterocycles. The van der Waals surface area contributed by atoms with Gasteiger partial charge in [0.1, 0.15) is 5.69 Å². The van der Waals surface area contributed by atoms with Crippen molar-refractivity contribution in [3.05, 3.63) is 41.8 Å². The minimum absolute atomic E-state index is 0.229. The van der Waals surface area contributed by atoms with Gasteiger partial charge in [0.15, 0.2) is 6.33 Å². The molecule has 2 aromatic heterocycles. The highest BCUT2D eigenvalue weighted by Gasteiger charge is 2.11. The fraction of sp³-hybridized carbons (Fsp3) is 0.231. The maximum absolute atomic E-state index is 12.0. The number of nitrogens with two attached hydrogens (primary N) is 1. The normalized spacial score (nSPS) is 9.65. The second kappa shape index (κ2) is 7.01. The summed E-state index contributed by atoms with van der Waals surface area (Å²) >= 11 is 0. The summed E-state index contributed by atoms with van der Waals surface area (Å²) in [5.74, 6) is 5.69. The van der Waals surface area contributed by atoms with Crippen LogP contribution in [0, 0.1) is 11.8 Å². The molecule has 7 heteroatoms. The number of amides is 1. The van der Waals surface area contributed by atoms with Crippen LogP contribution in [0.2, 0.25) is 0 Å². The molecule has 0 radical (unpaired) electrons. The zero-order valence-corrected chi connectivity index (χ0v) is 10.7. The topological polar surface area (TPSA) is 107 Å². The highest BCUT2D eigenvalue weighted by atomic mass is 16.5. The van der Waals surface area contributed by atoms with Crippen LogP contribution < -0.4 is 11.1 Å². The molecule has 2 rings (SSSR count). The molecule has 3 N–H and O–H groups in total. The van der Waals surface area contributed by atoms with Gasteiger partial charge in [0.05, 0.1) is 12.1 Å². The third-order valence-electron chi connectivity index (χ3n) is 2.38. The number of hydrogen-bond acceptors (Lipinski definition) is 6. The van der Waals surface area contributed by atoms with Crippen molar-refractivity contribution in [3.63, 3.8) is 0 Å². The number of rotatable bonds is 4. The molecular formula is C13H13N5O2.